The lowest BCUT2D eigenvalue weighted by Crippen LogP contribution is -2.34. The van der Waals surface area contributed by atoms with Crippen LogP contribution in [-0.4, -0.2) is 40.8 Å². The number of fused-ring (bicyclic) bond motifs is 1. The summed E-state index contributed by atoms with van der Waals surface area (Å²) in [4.78, 5) is 26.8. The Morgan fingerprint density at radius 2 is 1.73 bits per heavy atom. The Hall–Kier alpha value is -3.15. The number of carbonyl (C=O) groups excluding carboxylic acids is 1. The molecule has 6 nitrogen and oxygen atoms in total. The van der Waals surface area contributed by atoms with E-state index in [9.17, 15) is 9.59 Å². The van der Waals surface area contributed by atoms with Gasteiger partial charge in [-0.3, -0.25) is 9.59 Å². The Bertz CT molecular complexity index is 967. The average Bonchev–Trinajstić information content (AvgIpc) is 2.69. The Kier molecular flexibility index (Phi) is 5.31. The molecule has 0 saturated heterocycles. The summed E-state index contributed by atoms with van der Waals surface area (Å²) in [5, 5.41) is 5.35. The van der Waals surface area contributed by atoms with Crippen molar-refractivity contribution in [2.75, 3.05) is 20.2 Å². The zero-order valence-corrected chi connectivity index (χ0v) is 14.9. The molecule has 3 aromatic rings. The molecule has 0 radical (unpaired) electrons. The molecule has 26 heavy (non-hydrogen) atoms. The van der Waals surface area contributed by atoms with E-state index in [1.165, 1.54) is 4.68 Å². The smallest absolute Gasteiger partial charge is 0.274 e. The molecule has 0 aliphatic carbocycles. The first kappa shape index (κ1) is 17.7. The Labute approximate surface area is 151 Å². The van der Waals surface area contributed by atoms with Crippen molar-refractivity contribution in [2.24, 2.45) is 0 Å². The number of para-hydroxylation sites is 1. The van der Waals surface area contributed by atoms with Crippen LogP contribution in [0.25, 0.3) is 10.8 Å². The third kappa shape index (κ3) is 3.59. The number of ether oxygens (including phenoxy) is 1. The molecule has 0 atom stereocenters. The van der Waals surface area contributed by atoms with Gasteiger partial charge in [0, 0.05) is 19.0 Å². The fourth-order valence-corrected chi connectivity index (χ4v) is 2.71. The fraction of sp³-hybridized carbons (Fsp3) is 0.250. The molecular formula is C20H21N3O3. The minimum Gasteiger partial charge on any atom is -0.492 e. The molecule has 3 rings (SSSR count). The normalized spacial score (nSPS) is 10.7. The van der Waals surface area contributed by atoms with Crippen LogP contribution in [0.5, 0.6) is 5.75 Å². The lowest BCUT2D eigenvalue weighted by molar-refractivity contribution is 0.0767. The number of carbonyl (C=O) groups is 1. The van der Waals surface area contributed by atoms with Crippen LogP contribution in [0, 0.1) is 0 Å². The molecule has 0 bridgehead atoms. The lowest BCUT2D eigenvalue weighted by Gasteiger charge is -2.18. The van der Waals surface area contributed by atoms with Gasteiger partial charge in [0.2, 0.25) is 0 Å². The molecule has 0 N–H and O–H groups in total. The average molecular weight is 351 g/mol. The number of nitrogens with zero attached hydrogens (tertiary/aromatic N) is 3. The highest BCUT2D eigenvalue weighted by atomic mass is 16.5. The zero-order chi connectivity index (χ0) is 18.5. The summed E-state index contributed by atoms with van der Waals surface area (Å²) >= 11 is 0. The van der Waals surface area contributed by atoms with Crippen molar-refractivity contribution in [1.29, 1.82) is 0 Å². The predicted molar refractivity (Wildman–Crippen MR) is 101 cm³/mol. The molecular weight excluding hydrogens is 330 g/mol. The van der Waals surface area contributed by atoms with E-state index in [0.29, 0.717) is 30.5 Å². The molecule has 1 heterocycles. The molecule has 1 amide bonds. The molecule has 0 aliphatic heterocycles. The van der Waals surface area contributed by atoms with Crippen LogP contribution in [0.1, 0.15) is 17.4 Å². The molecule has 6 heteroatoms. The molecule has 0 aliphatic rings. The van der Waals surface area contributed by atoms with E-state index < -0.39 is 0 Å². The number of benzene rings is 2. The van der Waals surface area contributed by atoms with Gasteiger partial charge in [0.25, 0.3) is 11.5 Å². The fourth-order valence-electron chi connectivity index (χ4n) is 2.71. The highest BCUT2D eigenvalue weighted by molar-refractivity contribution is 6.04. The van der Waals surface area contributed by atoms with Gasteiger partial charge in [0.15, 0.2) is 5.69 Å². The summed E-state index contributed by atoms with van der Waals surface area (Å²) in [7, 11) is 1.70. The number of hydrogen-bond donors (Lipinski definition) is 0. The molecule has 0 fully saturated rings. The van der Waals surface area contributed by atoms with Gasteiger partial charge in [0.05, 0.1) is 11.9 Å². The van der Waals surface area contributed by atoms with Crippen molar-refractivity contribution in [1.82, 2.24) is 14.7 Å². The molecule has 134 valence electrons. The van der Waals surface area contributed by atoms with Gasteiger partial charge >= 0.3 is 0 Å². The second-order valence-electron chi connectivity index (χ2n) is 5.90. The van der Waals surface area contributed by atoms with Gasteiger partial charge in [-0.2, -0.15) is 5.10 Å². The largest absolute Gasteiger partial charge is 0.492 e. The molecule has 0 unspecified atom stereocenters. The number of amides is 1. The summed E-state index contributed by atoms with van der Waals surface area (Å²) in [6.07, 6.45) is 0. The highest BCUT2D eigenvalue weighted by Gasteiger charge is 2.19. The third-order valence-electron chi connectivity index (χ3n) is 4.16. The summed E-state index contributed by atoms with van der Waals surface area (Å²) in [5.41, 5.74) is 0.0963. The first-order valence-corrected chi connectivity index (χ1v) is 8.55. The van der Waals surface area contributed by atoms with E-state index in [0.717, 1.165) is 5.75 Å². The van der Waals surface area contributed by atoms with Crippen LogP contribution in [0.4, 0.5) is 0 Å². The van der Waals surface area contributed by atoms with Crippen molar-refractivity contribution in [3.63, 3.8) is 0 Å². The first-order valence-electron chi connectivity index (χ1n) is 8.55. The van der Waals surface area contributed by atoms with E-state index in [2.05, 4.69) is 5.10 Å². The van der Waals surface area contributed by atoms with E-state index in [1.807, 2.05) is 37.3 Å². The van der Waals surface area contributed by atoms with Crippen molar-refractivity contribution >= 4 is 16.7 Å². The zero-order valence-electron chi connectivity index (χ0n) is 14.9. The molecule has 0 saturated carbocycles. The maximum atomic E-state index is 12.9. The van der Waals surface area contributed by atoms with E-state index >= 15 is 0 Å². The van der Waals surface area contributed by atoms with Crippen LogP contribution >= 0.6 is 0 Å². The lowest BCUT2D eigenvalue weighted by atomic mass is 10.1. The minimum atomic E-state index is -0.236. The standard InChI is InChI=1S/C20H21N3O3/c1-3-23-19(24)17-12-8-7-11-16(17)18(21-23)20(25)22(2)13-14-26-15-9-5-4-6-10-15/h4-12H,3,13-14H2,1-2H3. The van der Waals surface area contributed by atoms with E-state index in [1.54, 1.807) is 36.2 Å². The summed E-state index contributed by atoms with van der Waals surface area (Å²) < 4.78 is 6.97. The van der Waals surface area contributed by atoms with Crippen LogP contribution in [0.2, 0.25) is 0 Å². The van der Waals surface area contributed by atoms with Crippen molar-refractivity contribution in [2.45, 2.75) is 13.5 Å². The molecule has 0 spiro atoms. The van der Waals surface area contributed by atoms with Gasteiger partial charge in [-0.15, -0.1) is 0 Å². The molecule has 1 aromatic heterocycles. The maximum Gasteiger partial charge on any atom is 0.274 e. The SMILES string of the molecule is CCn1nc(C(=O)N(C)CCOc2ccccc2)c2ccccc2c1=O. The second-order valence-corrected chi connectivity index (χ2v) is 5.90. The predicted octanol–water partition coefficient (Wildman–Crippen LogP) is 2.57. The van der Waals surface area contributed by atoms with Crippen molar-refractivity contribution in [3.8, 4) is 5.75 Å². The highest BCUT2D eigenvalue weighted by Crippen LogP contribution is 2.15. The monoisotopic (exact) mass is 351 g/mol. The summed E-state index contributed by atoms with van der Waals surface area (Å²) in [6, 6.07) is 16.5. The maximum absolute atomic E-state index is 12.9. The van der Waals surface area contributed by atoms with Gasteiger partial charge in [0.1, 0.15) is 12.4 Å². The second kappa shape index (κ2) is 7.82. The summed E-state index contributed by atoms with van der Waals surface area (Å²) in [6.45, 7) is 3.02. The van der Waals surface area contributed by atoms with E-state index in [-0.39, 0.29) is 17.2 Å². The number of rotatable bonds is 6. The van der Waals surface area contributed by atoms with Gasteiger partial charge < -0.3 is 9.64 Å². The number of aryl methyl sites for hydroxylation is 1. The van der Waals surface area contributed by atoms with Gasteiger partial charge in [-0.05, 0) is 25.1 Å². The van der Waals surface area contributed by atoms with Crippen LogP contribution < -0.4 is 10.3 Å². The topological polar surface area (TPSA) is 64.4 Å². The Balaban J connectivity index is 1.80. The van der Waals surface area contributed by atoms with E-state index in [4.69, 9.17) is 4.74 Å². The minimum absolute atomic E-state index is 0.185. The Morgan fingerprint density at radius 3 is 2.42 bits per heavy atom. The van der Waals surface area contributed by atoms with Crippen LogP contribution in [0.3, 0.4) is 0 Å². The number of likely N-dealkylation sites (N-methyl/N-ethyl adjacent to an activating group) is 1. The van der Waals surface area contributed by atoms with Crippen molar-refractivity contribution in [3.05, 3.63) is 70.6 Å². The van der Waals surface area contributed by atoms with Crippen molar-refractivity contribution < 1.29 is 9.53 Å². The Morgan fingerprint density at radius 1 is 1.08 bits per heavy atom. The van der Waals surface area contributed by atoms with Crippen LogP contribution in [-0.2, 0) is 6.54 Å². The number of aromatic nitrogens is 2. The first-order chi connectivity index (χ1) is 12.6. The quantitative estimate of drug-likeness (QED) is 0.685. The van der Waals surface area contributed by atoms with Crippen LogP contribution in [0.15, 0.2) is 59.4 Å². The van der Waals surface area contributed by atoms with Gasteiger partial charge in [-0.25, -0.2) is 4.68 Å². The number of hydrogen-bond acceptors (Lipinski definition) is 4. The summed E-state index contributed by atoms with van der Waals surface area (Å²) in [5.74, 6) is 0.525. The molecule has 2 aromatic carbocycles. The van der Waals surface area contributed by atoms with Gasteiger partial charge in [-0.1, -0.05) is 36.4 Å². The third-order valence-corrected chi connectivity index (χ3v) is 4.16.